The van der Waals surface area contributed by atoms with E-state index >= 15 is 0 Å². The minimum atomic E-state index is 0.519. The summed E-state index contributed by atoms with van der Waals surface area (Å²) in [7, 11) is 0. The third kappa shape index (κ3) is 5.01. The number of rotatable bonds is 6. The lowest BCUT2D eigenvalue weighted by Gasteiger charge is -2.35. The fourth-order valence-corrected chi connectivity index (χ4v) is 3.58. The van der Waals surface area contributed by atoms with Crippen molar-refractivity contribution >= 4 is 0 Å². The summed E-state index contributed by atoms with van der Waals surface area (Å²) in [5, 5.41) is 0. The summed E-state index contributed by atoms with van der Waals surface area (Å²) >= 11 is 0. The Hall–Kier alpha value is -0.120. The molecule has 2 heterocycles. The van der Waals surface area contributed by atoms with E-state index in [1.54, 1.807) is 0 Å². The molecule has 2 aliphatic rings. The zero-order chi connectivity index (χ0) is 14.4. The average Bonchev–Trinajstić information content (AvgIpc) is 2.48. The lowest BCUT2D eigenvalue weighted by molar-refractivity contribution is -0.00458. The molecule has 0 aromatic heterocycles. The van der Waals surface area contributed by atoms with Crippen molar-refractivity contribution in [1.82, 2.24) is 9.80 Å². The molecule has 2 saturated heterocycles. The van der Waals surface area contributed by atoms with Crippen LogP contribution in [0.15, 0.2) is 0 Å². The third-order valence-electron chi connectivity index (χ3n) is 5.32. The maximum absolute atomic E-state index is 6.08. The number of nitrogens with zero attached hydrogens (tertiary/aromatic N) is 2. The third-order valence-corrected chi connectivity index (χ3v) is 5.32. The Kier molecular flexibility index (Phi) is 6.79. The molecule has 0 saturated carbocycles. The van der Waals surface area contributed by atoms with Gasteiger partial charge in [-0.3, -0.25) is 0 Å². The van der Waals surface area contributed by atoms with Crippen molar-refractivity contribution in [2.75, 3.05) is 45.9 Å². The minimum absolute atomic E-state index is 0.519. The monoisotopic (exact) mass is 282 g/mol. The Labute approximate surface area is 125 Å². The van der Waals surface area contributed by atoms with E-state index in [0.29, 0.717) is 6.10 Å². The Morgan fingerprint density at radius 1 is 0.950 bits per heavy atom. The molecule has 0 aliphatic carbocycles. The van der Waals surface area contributed by atoms with Gasteiger partial charge in [0, 0.05) is 19.6 Å². The van der Waals surface area contributed by atoms with Crippen LogP contribution in [-0.2, 0) is 4.74 Å². The fourth-order valence-electron chi connectivity index (χ4n) is 3.58. The van der Waals surface area contributed by atoms with Gasteiger partial charge in [-0.15, -0.1) is 0 Å². The summed E-state index contributed by atoms with van der Waals surface area (Å²) in [6, 6.07) is 0. The van der Waals surface area contributed by atoms with E-state index in [-0.39, 0.29) is 0 Å². The summed E-state index contributed by atoms with van der Waals surface area (Å²) in [4.78, 5) is 5.12. The maximum atomic E-state index is 6.08. The van der Waals surface area contributed by atoms with Gasteiger partial charge in [0.1, 0.15) is 0 Å². The van der Waals surface area contributed by atoms with E-state index in [9.17, 15) is 0 Å². The first-order valence-corrected chi connectivity index (χ1v) is 8.75. The van der Waals surface area contributed by atoms with E-state index < -0.39 is 0 Å². The van der Waals surface area contributed by atoms with E-state index in [0.717, 1.165) is 25.0 Å². The Balaban J connectivity index is 1.54. The molecule has 2 fully saturated rings. The molecule has 2 aliphatic heterocycles. The molecule has 0 radical (unpaired) electrons. The molecule has 0 atom stereocenters. The van der Waals surface area contributed by atoms with Gasteiger partial charge in [-0.25, -0.2) is 0 Å². The zero-order valence-electron chi connectivity index (χ0n) is 13.8. The van der Waals surface area contributed by atoms with Gasteiger partial charge in [0.25, 0.3) is 0 Å². The molecule has 0 aromatic carbocycles. The summed E-state index contributed by atoms with van der Waals surface area (Å²) < 4.78 is 6.08. The number of hydrogen-bond acceptors (Lipinski definition) is 3. The van der Waals surface area contributed by atoms with Crippen molar-refractivity contribution in [2.24, 2.45) is 11.8 Å². The van der Waals surface area contributed by atoms with Gasteiger partial charge in [0.2, 0.25) is 0 Å². The van der Waals surface area contributed by atoms with Gasteiger partial charge in [-0.05, 0) is 57.2 Å². The van der Waals surface area contributed by atoms with E-state index in [1.165, 1.54) is 58.4 Å². The van der Waals surface area contributed by atoms with E-state index in [1.807, 2.05) is 0 Å². The SMILES string of the molecule is CCN1CCC(OCCN2CCC(C(C)C)CC2)CC1. The second-order valence-electron chi connectivity index (χ2n) is 6.93. The second kappa shape index (κ2) is 8.35. The quantitative estimate of drug-likeness (QED) is 0.745. The second-order valence-corrected chi connectivity index (χ2v) is 6.93. The Bertz CT molecular complexity index is 254. The molecule has 0 aromatic rings. The Morgan fingerprint density at radius 3 is 2.10 bits per heavy atom. The summed E-state index contributed by atoms with van der Waals surface area (Å²) in [6.45, 7) is 15.3. The highest BCUT2D eigenvalue weighted by atomic mass is 16.5. The molecule has 0 N–H and O–H groups in total. The van der Waals surface area contributed by atoms with Crippen molar-refractivity contribution in [1.29, 1.82) is 0 Å². The van der Waals surface area contributed by atoms with Crippen LogP contribution < -0.4 is 0 Å². The molecule has 3 heteroatoms. The van der Waals surface area contributed by atoms with Crippen LogP contribution in [-0.4, -0.2) is 61.8 Å². The molecular formula is C17H34N2O. The van der Waals surface area contributed by atoms with Gasteiger partial charge in [-0.1, -0.05) is 20.8 Å². The topological polar surface area (TPSA) is 15.7 Å². The fraction of sp³-hybridized carbons (Fsp3) is 1.00. The van der Waals surface area contributed by atoms with Crippen molar-refractivity contribution in [2.45, 2.75) is 52.6 Å². The highest BCUT2D eigenvalue weighted by Crippen LogP contribution is 2.24. The molecule has 2 rings (SSSR count). The van der Waals surface area contributed by atoms with Crippen molar-refractivity contribution in [3.8, 4) is 0 Å². The molecule has 3 nitrogen and oxygen atoms in total. The lowest BCUT2D eigenvalue weighted by Crippen LogP contribution is -2.40. The maximum Gasteiger partial charge on any atom is 0.0600 e. The zero-order valence-corrected chi connectivity index (χ0v) is 13.8. The van der Waals surface area contributed by atoms with Crippen LogP contribution in [0.2, 0.25) is 0 Å². The number of ether oxygens (including phenoxy) is 1. The molecule has 0 amide bonds. The summed E-state index contributed by atoms with van der Waals surface area (Å²) in [5.74, 6) is 1.81. The van der Waals surface area contributed by atoms with Crippen LogP contribution in [0, 0.1) is 11.8 Å². The molecular weight excluding hydrogens is 248 g/mol. The van der Waals surface area contributed by atoms with Gasteiger partial charge in [0.05, 0.1) is 12.7 Å². The largest absolute Gasteiger partial charge is 0.377 e. The molecule has 0 unspecified atom stereocenters. The first kappa shape index (κ1) is 16.3. The summed E-state index contributed by atoms with van der Waals surface area (Å²) in [5.41, 5.74) is 0. The van der Waals surface area contributed by atoms with Gasteiger partial charge in [-0.2, -0.15) is 0 Å². The lowest BCUT2D eigenvalue weighted by atomic mass is 9.87. The van der Waals surface area contributed by atoms with Gasteiger partial charge >= 0.3 is 0 Å². The predicted octanol–water partition coefficient (Wildman–Crippen LogP) is 2.86. The van der Waals surface area contributed by atoms with Crippen molar-refractivity contribution in [3.63, 3.8) is 0 Å². The summed E-state index contributed by atoms with van der Waals surface area (Å²) in [6.07, 6.45) is 5.73. The molecule has 20 heavy (non-hydrogen) atoms. The van der Waals surface area contributed by atoms with Crippen molar-refractivity contribution < 1.29 is 4.74 Å². The Morgan fingerprint density at radius 2 is 1.55 bits per heavy atom. The van der Waals surface area contributed by atoms with E-state index in [4.69, 9.17) is 4.74 Å². The number of likely N-dealkylation sites (tertiary alicyclic amines) is 2. The molecule has 0 bridgehead atoms. The van der Waals surface area contributed by atoms with Crippen LogP contribution in [0.3, 0.4) is 0 Å². The highest BCUT2D eigenvalue weighted by molar-refractivity contribution is 4.75. The van der Waals surface area contributed by atoms with Crippen LogP contribution in [0.4, 0.5) is 0 Å². The predicted molar refractivity (Wildman–Crippen MR) is 85.1 cm³/mol. The number of piperidine rings is 2. The van der Waals surface area contributed by atoms with Gasteiger partial charge in [0.15, 0.2) is 0 Å². The van der Waals surface area contributed by atoms with Gasteiger partial charge < -0.3 is 14.5 Å². The average molecular weight is 282 g/mol. The van der Waals surface area contributed by atoms with Crippen LogP contribution >= 0.6 is 0 Å². The first-order chi connectivity index (χ1) is 9.69. The highest BCUT2D eigenvalue weighted by Gasteiger charge is 2.22. The van der Waals surface area contributed by atoms with Crippen LogP contribution in [0.25, 0.3) is 0 Å². The molecule has 118 valence electrons. The standard InChI is InChI=1S/C17H34N2O/c1-4-18-11-7-17(8-12-18)20-14-13-19-9-5-16(6-10-19)15(2)3/h15-17H,4-14H2,1-3H3. The van der Waals surface area contributed by atoms with Crippen LogP contribution in [0.5, 0.6) is 0 Å². The first-order valence-electron chi connectivity index (χ1n) is 8.75. The normalized spacial score (nSPS) is 24.6. The smallest absolute Gasteiger partial charge is 0.0600 e. The van der Waals surface area contributed by atoms with E-state index in [2.05, 4.69) is 30.6 Å². The van der Waals surface area contributed by atoms with Crippen LogP contribution in [0.1, 0.15) is 46.5 Å². The number of hydrogen-bond donors (Lipinski definition) is 0. The van der Waals surface area contributed by atoms with Crippen molar-refractivity contribution in [3.05, 3.63) is 0 Å². The minimum Gasteiger partial charge on any atom is -0.377 e. The molecule has 0 spiro atoms.